The van der Waals surface area contributed by atoms with Crippen LogP contribution in [0.25, 0.3) is 0 Å². The highest BCUT2D eigenvalue weighted by molar-refractivity contribution is 7.99. The van der Waals surface area contributed by atoms with Crippen molar-refractivity contribution in [2.45, 2.75) is 32.2 Å². The Labute approximate surface area is 105 Å². The molecule has 5 heteroatoms. The van der Waals surface area contributed by atoms with Crippen LogP contribution in [0.5, 0.6) is 0 Å². The molecule has 2 aliphatic heterocycles. The third-order valence-corrected chi connectivity index (χ3v) is 5.46. The van der Waals surface area contributed by atoms with Gasteiger partial charge in [0.05, 0.1) is 0 Å². The molecule has 1 unspecified atom stereocenters. The predicted molar refractivity (Wildman–Crippen MR) is 66.8 cm³/mol. The minimum Gasteiger partial charge on any atom is -0.326 e. The fourth-order valence-electron chi connectivity index (χ4n) is 3.13. The first-order chi connectivity index (χ1) is 8.12. The van der Waals surface area contributed by atoms with E-state index in [1.54, 1.807) is 6.92 Å². The molecular weight excluding hydrogens is 236 g/mol. The van der Waals surface area contributed by atoms with Crippen molar-refractivity contribution >= 4 is 23.7 Å². The second-order valence-corrected chi connectivity index (χ2v) is 6.72. The number of hydrogen-bond acceptors (Lipinski definition) is 3. The maximum atomic E-state index is 11.8. The van der Waals surface area contributed by atoms with Crippen molar-refractivity contribution < 1.29 is 9.59 Å². The lowest BCUT2D eigenvalue weighted by Crippen LogP contribution is -2.34. The highest BCUT2D eigenvalue weighted by Crippen LogP contribution is 2.60. The van der Waals surface area contributed by atoms with E-state index in [1.807, 2.05) is 11.8 Å². The Kier molecular flexibility index (Phi) is 2.61. The Morgan fingerprint density at radius 1 is 1.41 bits per heavy atom. The molecule has 0 bridgehead atoms. The Bertz CT molecular complexity index is 366. The van der Waals surface area contributed by atoms with Crippen LogP contribution in [0.2, 0.25) is 0 Å². The minimum absolute atomic E-state index is 0.0535. The third kappa shape index (κ3) is 1.84. The van der Waals surface area contributed by atoms with Crippen LogP contribution in [-0.4, -0.2) is 40.9 Å². The molecule has 2 saturated heterocycles. The molecule has 94 valence electrons. The lowest BCUT2D eigenvalue weighted by atomic mass is 9.96. The van der Waals surface area contributed by atoms with Crippen molar-refractivity contribution in [3.63, 3.8) is 0 Å². The van der Waals surface area contributed by atoms with E-state index in [-0.39, 0.29) is 18.0 Å². The summed E-state index contributed by atoms with van der Waals surface area (Å²) >= 11 is 2.02. The molecule has 0 aromatic carbocycles. The molecule has 1 aliphatic carbocycles. The smallest absolute Gasteiger partial charge is 0.324 e. The summed E-state index contributed by atoms with van der Waals surface area (Å²) in [6.07, 6.45) is 3.74. The fraction of sp³-hybridized carbons (Fsp3) is 0.833. The van der Waals surface area contributed by atoms with Crippen molar-refractivity contribution in [3.8, 4) is 0 Å². The number of thioether (sulfide) groups is 1. The van der Waals surface area contributed by atoms with Crippen molar-refractivity contribution in [3.05, 3.63) is 0 Å². The first kappa shape index (κ1) is 11.4. The van der Waals surface area contributed by atoms with E-state index < -0.39 is 0 Å². The van der Waals surface area contributed by atoms with Crippen LogP contribution in [0.1, 0.15) is 26.2 Å². The molecule has 1 spiro atoms. The number of rotatable bonds is 2. The highest BCUT2D eigenvalue weighted by atomic mass is 32.2. The van der Waals surface area contributed by atoms with E-state index >= 15 is 0 Å². The molecule has 3 amide bonds. The molecule has 3 rings (SSSR count). The van der Waals surface area contributed by atoms with Gasteiger partial charge in [-0.15, -0.1) is 0 Å². The number of carbonyl (C=O) groups is 2. The first-order valence-corrected chi connectivity index (χ1v) is 7.47. The number of amides is 3. The van der Waals surface area contributed by atoms with Gasteiger partial charge in [0, 0.05) is 6.54 Å². The normalized spacial score (nSPS) is 35.2. The van der Waals surface area contributed by atoms with Gasteiger partial charge >= 0.3 is 6.03 Å². The van der Waals surface area contributed by atoms with Crippen LogP contribution in [0.4, 0.5) is 4.79 Å². The van der Waals surface area contributed by atoms with Gasteiger partial charge in [0.2, 0.25) is 0 Å². The van der Waals surface area contributed by atoms with Gasteiger partial charge < -0.3 is 5.32 Å². The molecule has 0 aromatic rings. The maximum absolute atomic E-state index is 11.8. The zero-order valence-electron chi connectivity index (χ0n) is 10.1. The van der Waals surface area contributed by atoms with Gasteiger partial charge in [0.25, 0.3) is 5.91 Å². The van der Waals surface area contributed by atoms with Crippen LogP contribution in [0, 0.1) is 11.3 Å². The van der Waals surface area contributed by atoms with E-state index in [0.29, 0.717) is 17.9 Å². The number of hydrogen-bond donors (Lipinski definition) is 1. The summed E-state index contributed by atoms with van der Waals surface area (Å²) in [7, 11) is 0. The van der Waals surface area contributed by atoms with Crippen molar-refractivity contribution in [2.24, 2.45) is 11.3 Å². The molecule has 4 nitrogen and oxygen atoms in total. The SMILES string of the molecule is C[C@H]1NC(=O)N(CC2CC23CCSCC3)C1=O. The van der Waals surface area contributed by atoms with Crippen molar-refractivity contribution in [1.82, 2.24) is 10.2 Å². The standard InChI is InChI=1S/C12H18N2O2S/c1-8-10(15)14(11(16)13-8)7-9-6-12(9)2-4-17-5-3-12/h8-9H,2-7H2,1H3,(H,13,16)/t8-,9?/m1/s1. The third-order valence-electron chi connectivity index (χ3n) is 4.47. The quantitative estimate of drug-likeness (QED) is 0.759. The lowest BCUT2D eigenvalue weighted by Gasteiger charge is -2.23. The molecule has 3 aliphatic rings. The van der Waals surface area contributed by atoms with E-state index in [0.717, 1.165) is 0 Å². The van der Waals surface area contributed by atoms with E-state index in [1.165, 1.54) is 35.7 Å². The Morgan fingerprint density at radius 2 is 2.12 bits per heavy atom. The fourth-order valence-corrected chi connectivity index (χ4v) is 4.44. The monoisotopic (exact) mass is 254 g/mol. The van der Waals surface area contributed by atoms with Crippen LogP contribution in [0.15, 0.2) is 0 Å². The summed E-state index contributed by atoms with van der Waals surface area (Å²) in [6, 6.07) is -0.533. The summed E-state index contributed by atoms with van der Waals surface area (Å²) in [4.78, 5) is 24.8. The number of urea groups is 1. The number of nitrogens with zero attached hydrogens (tertiary/aromatic N) is 1. The molecule has 0 radical (unpaired) electrons. The zero-order chi connectivity index (χ0) is 12.0. The molecule has 2 atom stereocenters. The van der Waals surface area contributed by atoms with Crippen LogP contribution in [0.3, 0.4) is 0 Å². The van der Waals surface area contributed by atoms with Gasteiger partial charge in [-0.3, -0.25) is 9.69 Å². The van der Waals surface area contributed by atoms with Gasteiger partial charge in [-0.25, -0.2) is 4.79 Å². The molecule has 17 heavy (non-hydrogen) atoms. The Morgan fingerprint density at radius 3 is 2.71 bits per heavy atom. The molecule has 1 N–H and O–H groups in total. The van der Waals surface area contributed by atoms with Gasteiger partial charge in [-0.2, -0.15) is 11.8 Å². The van der Waals surface area contributed by atoms with Crippen LogP contribution < -0.4 is 5.32 Å². The molecule has 2 heterocycles. The minimum atomic E-state index is -0.334. The number of nitrogens with one attached hydrogen (secondary N) is 1. The number of carbonyl (C=O) groups excluding carboxylic acids is 2. The molecule has 3 fully saturated rings. The Hall–Kier alpha value is -0.710. The second kappa shape index (κ2) is 3.90. The average Bonchev–Trinajstić information content (AvgIpc) is 2.90. The summed E-state index contributed by atoms with van der Waals surface area (Å²) < 4.78 is 0. The molecular formula is C12H18N2O2S. The first-order valence-electron chi connectivity index (χ1n) is 6.32. The summed E-state index contributed by atoms with van der Waals surface area (Å²) in [5.41, 5.74) is 0.470. The Balaban J connectivity index is 1.62. The van der Waals surface area contributed by atoms with E-state index in [4.69, 9.17) is 0 Å². The average molecular weight is 254 g/mol. The highest BCUT2D eigenvalue weighted by Gasteiger charge is 2.55. The summed E-state index contributed by atoms with van der Waals surface area (Å²) in [5.74, 6) is 2.99. The van der Waals surface area contributed by atoms with Crippen LogP contribution in [-0.2, 0) is 4.79 Å². The lowest BCUT2D eigenvalue weighted by molar-refractivity contribution is -0.127. The van der Waals surface area contributed by atoms with Gasteiger partial charge in [-0.1, -0.05) is 0 Å². The topological polar surface area (TPSA) is 49.4 Å². The van der Waals surface area contributed by atoms with Gasteiger partial charge in [-0.05, 0) is 49.0 Å². The van der Waals surface area contributed by atoms with Gasteiger partial charge in [0.1, 0.15) is 6.04 Å². The second-order valence-electron chi connectivity index (χ2n) is 5.50. The van der Waals surface area contributed by atoms with E-state index in [2.05, 4.69) is 5.32 Å². The van der Waals surface area contributed by atoms with Crippen molar-refractivity contribution in [1.29, 1.82) is 0 Å². The summed E-state index contributed by atoms with van der Waals surface area (Å²) in [6.45, 7) is 2.39. The summed E-state index contributed by atoms with van der Waals surface area (Å²) in [5, 5.41) is 2.67. The zero-order valence-corrected chi connectivity index (χ0v) is 10.9. The van der Waals surface area contributed by atoms with Crippen LogP contribution >= 0.6 is 11.8 Å². The van der Waals surface area contributed by atoms with Gasteiger partial charge in [0.15, 0.2) is 0 Å². The largest absolute Gasteiger partial charge is 0.326 e. The van der Waals surface area contributed by atoms with E-state index in [9.17, 15) is 9.59 Å². The molecule has 0 aromatic heterocycles. The van der Waals surface area contributed by atoms with Crippen molar-refractivity contribution in [2.75, 3.05) is 18.1 Å². The number of imide groups is 1. The maximum Gasteiger partial charge on any atom is 0.324 e. The predicted octanol–water partition coefficient (Wildman–Crippen LogP) is 1.46. The molecule has 1 saturated carbocycles.